The van der Waals surface area contributed by atoms with Crippen LogP contribution in [0.1, 0.15) is 49.9 Å². The summed E-state index contributed by atoms with van der Waals surface area (Å²) in [6.45, 7) is 16.6. The first-order valence-corrected chi connectivity index (χ1v) is 12.3. The van der Waals surface area contributed by atoms with Gasteiger partial charge in [-0.2, -0.15) is 4.89 Å². The van der Waals surface area contributed by atoms with Gasteiger partial charge in [0.2, 0.25) is 0 Å². The molecule has 5 heteroatoms. The van der Waals surface area contributed by atoms with Crippen molar-refractivity contribution >= 4 is 19.2 Å². The Bertz CT molecular complexity index is 574. The van der Waals surface area contributed by atoms with E-state index in [1.54, 1.807) is 12.1 Å². The second-order valence-corrected chi connectivity index (χ2v) is 10.8. The first kappa shape index (κ1) is 23.3. The molecule has 0 fully saturated rings. The minimum Gasteiger partial charge on any atom is -0.378 e. The maximum atomic E-state index is 12.0. The summed E-state index contributed by atoms with van der Waals surface area (Å²) < 4.78 is 5.56. The molecule has 0 bridgehead atoms. The van der Waals surface area contributed by atoms with Gasteiger partial charge in [-0.25, -0.2) is 4.79 Å². The molecule has 0 heterocycles. The van der Waals surface area contributed by atoms with E-state index in [2.05, 4.69) is 33.6 Å². The van der Waals surface area contributed by atoms with E-state index in [1.165, 1.54) is 25.9 Å². The van der Waals surface area contributed by atoms with Crippen LogP contribution in [0.4, 0.5) is 0 Å². The third-order valence-electron chi connectivity index (χ3n) is 4.87. The van der Waals surface area contributed by atoms with Gasteiger partial charge in [-0.1, -0.05) is 68.4 Å². The number of carbonyl (C=O) groups is 1. The van der Waals surface area contributed by atoms with Crippen LogP contribution < -0.4 is 5.19 Å². The molecule has 0 aliphatic rings. The summed E-state index contributed by atoms with van der Waals surface area (Å²) in [5.74, 6) is 0.0348. The monoisotopic (exact) mass is 389 g/mol. The molecule has 1 atom stereocenters. The van der Waals surface area contributed by atoms with Crippen molar-refractivity contribution in [2.75, 3.05) is 13.2 Å². The predicted octanol–water partition coefficient (Wildman–Crippen LogP) is 4.91. The Hall–Kier alpha value is -1.69. The third-order valence-corrected chi connectivity index (χ3v) is 8.14. The highest BCUT2D eigenvalue weighted by Crippen LogP contribution is 2.13. The Morgan fingerprint density at radius 3 is 2.41 bits per heavy atom. The van der Waals surface area contributed by atoms with Gasteiger partial charge in [-0.3, -0.25) is 4.89 Å². The van der Waals surface area contributed by atoms with Gasteiger partial charge in [0, 0.05) is 6.61 Å². The Balaban J connectivity index is 2.33. The smallest absolute Gasteiger partial charge is 0.373 e. The molecular weight excluding hydrogens is 356 g/mol. The van der Waals surface area contributed by atoms with E-state index >= 15 is 0 Å². The molecule has 0 aromatic heterocycles. The van der Waals surface area contributed by atoms with Gasteiger partial charge in [0.25, 0.3) is 0 Å². The Kier molecular flexibility index (Phi) is 10.9. The van der Waals surface area contributed by atoms with Gasteiger partial charge >= 0.3 is 5.97 Å². The van der Waals surface area contributed by atoms with Crippen LogP contribution in [-0.4, -0.2) is 27.3 Å². The standard InChI is InChI=1S/C22H33O4Si/c1-6-10-11-19(7-2)18-24-16-17-25-26-22(23)20-12-14-21(15-13-20)27(5,8-3)9-4/h8-9,12-15,17,19H,3-4,6-7,10-11,16,18H2,1-2,5H3. The average Bonchev–Trinajstić information content (AvgIpc) is 2.72. The number of hydrogen-bond donors (Lipinski definition) is 0. The number of rotatable bonds is 14. The fourth-order valence-corrected chi connectivity index (χ4v) is 4.14. The lowest BCUT2D eigenvalue weighted by molar-refractivity contribution is -0.218. The largest absolute Gasteiger partial charge is 0.378 e. The van der Waals surface area contributed by atoms with E-state index in [4.69, 9.17) is 14.5 Å². The van der Waals surface area contributed by atoms with Gasteiger partial charge in [0.05, 0.1) is 12.2 Å². The second-order valence-electron chi connectivity index (χ2n) is 6.86. The lowest BCUT2D eigenvalue weighted by Crippen LogP contribution is -2.40. The third kappa shape index (κ3) is 7.83. The summed E-state index contributed by atoms with van der Waals surface area (Å²) >= 11 is 0. The molecule has 0 saturated heterocycles. The molecule has 0 saturated carbocycles. The maximum Gasteiger partial charge on any atom is 0.373 e. The van der Waals surface area contributed by atoms with E-state index in [9.17, 15) is 4.79 Å². The number of benzene rings is 1. The fourth-order valence-electron chi connectivity index (χ4n) is 2.62. The van der Waals surface area contributed by atoms with E-state index in [-0.39, 0.29) is 6.61 Å². The maximum absolute atomic E-state index is 12.0. The molecular formula is C22H33O4Si. The highest BCUT2D eigenvalue weighted by molar-refractivity contribution is 6.98. The lowest BCUT2D eigenvalue weighted by Gasteiger charge is -2.19. The Morgan fingerprint density at radius 2 is 1.85 bits per heavy atom. The number of hydrogen-bond acceptors (Lipinski definition) is 4. The van der Waals surface area contributed by atoms with Crippen LogP contribution in [0, 0.1) is 12.5 Å². The summed E-state index contributed by atoms with van der Waals surface area (Å²) in [6.07, 6.45) is 4.70. The number of ether oxygens (including phenoxy) is 1. The Morgan fingerprint density at radius 1 is 1.19 bits per heavy atom. The zero-order valence-electron chi connectivity index (χ0n) is 16.9. The summed E-state index contributed by atoms with van der Waals surface area (Å²) in [4.78, 5) is 21.7. The first-order chi connectivity index (χ1) is 13.0. The SMILES string of the molecule is C=C[Si](C)(C=C)c1ccc(C(=O)OO[CH]COCC(CC)CCCC)cc1. The molecule has 1 unspecified atom stereocenters. The van der Waals surface area contributed by atoms with Crippen molar-refractivity contribution in [1.82, 2.24) is 0 Å². The van der Waals surface area contributed by atoms with Crippen molar-refractivity contribution in [1.29, 1.82) is 0 Å². The number of carbonyl (C=O) groups excluding carboxylic acids is 1. The summed E-state index contributed by atoms with van der Waals surface area (Å²) in [6, 6.07) is 7.30. The van der Waals surface area contributed by atoms with Gasteiger partial charge in [-0.15, -0.1) is 13.2 Å². The molecule has 0 aliphatic heterocycles. The molecule has 4 nitrogen and oxygen atoms in total. The van der Waals surface area contributed by atoms with Crippen LogP contribution in [0.25, 0.3) is 0 Å². The summed E-state index contributed by atoms with van der Waals surface area (Å²) in [5, 5.41) is 1.14. The molecule has 1 aromatic carbocycles. The highest BCUT2D eigenvalue weighted by atomic mass is 28.3. The second kappa shape index (κ2) is 12.7. The average molecular weight is 390 g/mol. The number of unbranched alkanes of at least 4 members (excludes halogenated alkanes) is 1. The molecule has 1 radical (unpaired) electrons. The molecule has 1 aromatic rings. The minimum atomic E-state index is -1.87. The Labute approximate surface area is 165 Å². The first-order valence-electron chi connectivity index (χ1n) is 9.65. The normalized spacial score (nSPS) is 12.4. The molecule has 0 spiro atoms. The van der Waals surface area contributed by atoms with Crippen LogP contribution in [0.5, 0.6) is 0 Å². The van der Waals surface area contributed by atoms with Crippen LogP contribution in [0.2, 0.25) is 6.55 Å². The highest BCUT2D eigenvalue weighted by Gasteiger charge is 2.22. The molecule has 27 heavy (non-hydrogen) atoms. The van der Waals surface area contributed by atoms with Crippen molar-refractivity contribution in [2.24, 2.45) is 5.92 Å². The quantitative estimate of drug-likeness (QED) is 0.196. The van der Waals surface area contributed by atoms with Gasteiger partial charge in [0.15, 0.2) is 6.61 Å². The molecule has 149 valence electrons. The molecule has 0 amide bonds. The van der Waals surface area contributed by atoms with E-state index in [1.807, 2.05) is 23.5 Å². The van der Waals surface area contributed by atoms with Crippen LogP contribution in [0.15, 0.2) is 48.8 Å². The van der Waals surface area contributed by atoms with Crippen molar-refractivity contribution in [3.05, 3.63) is 61.0 Å². The predicted molar refractivity (Wildman–Crippen MR) is 113 cm³/mol. The lowest BCUT2D eigenvalue weighted by atomic mass is 10.0. The summed E-state index contributed by atoms with van der Waals surface area (Å²) in [5.41, 5.74) is 4.34. The zero-order chi connectivity index (χ0) is 20.1. The van der Waals surface area contributed by atoms with E-state index < -0.39 is 14.0 Å². The van der Waals surface area contributed by atoms with Crippen molar-refractivity contribution in [3.63, 3.8) is 0 Å². The van der Waals surface area contributed by atoms with Crippen molar-refractivity contribution < 1.29 is 19.3 Å². The van der Waals surface area contributed by atoms with Crippen LogP contribution in [-0.2, 0) is 14.5 Å². The van der Waals surface area contributed by atoms with Crippen molar-refractivity contribution in [2.45, 2.75) is 46.1 Å². The van der Waals surface area contributed by atoms with Crippen LogP contribution >= 0.6 is 0 Å². The fraction of sp³-hybridized carbons (Fsp3) is 0.455. The van der Waals surface area contributed by atoms with E-state index in [0.717, 1.165) is 11.6 Å². The minimum absolute atomic E-state index is 0.289. The van der Waals surface area contributed by atoms with Gasteiger partial charge in [-0.05, 0) is 24.5 Å². The van der Waals surface area contributed by atoms with Crippen LogP contribution in [0.3, 0.4) is 0 Å². The molecule has 1 rings (SSSR count). The summed E-state index contributed by atoms with van der Waals surface area (Å²) in [7, 11) is -1.87. The molecule has 0 N–H and O–H groups in total. The molecule has 0 aliphatic carbocycles. The zero-order valence-corrected chi connectivity index (χ0v) is 17.9. The topological polar surface area (TPSA) is 44.8 Å². The van der Waals surface area contributed by atoms with Gasteiger partial charge in [0.1, 0.15) is 8.07 Å². The van der Waals surface area contributed by atoms with E-state index in [0.29, 0.717) is 18.1 Å². The van der Waals surface area contributed by atoms with Gasteiger partial charge < -0.3 is 4.74 Å². The van der Waals surface area contributed by atoms with Crippen molar-refractivity contribution in [3.8, 4) is 0 Å².